The van der Waals surface area contributed by atoms with Crippen LogP contribution in [-0.4, -0.2) is 44.6 Å². The van der Waals surface area contributed by atoms with E-state index in [1.54, 1.807) is 31.2 Å². The van der Waals surface area contributed by atoms with Crippen molar-refractivity contribution >= 4 is 22.7 Å². The Balaban J connectivity index is 3.01. The van der Waals surface area contributed by atoms with Crippen molar-refractivity contribution in [2.75, 3.05) is 0 Å². The molecule has 0 radical (unpaired) electrons. The van der Waals surface area contributed by atoms with Crippen molar-refractivity contribution in [3.63, 3.8) is 0 Å². The monoisotopic (exact) mass is 332 g/mol. The molecule has 2 aromatic rings. The number of aromatic carboxylic acids is 2. The van der Waals surface area contributed by atoms with Crippen molar-refractivity contribution in [3.8, 4) is 0 Å². The molecule has 6 nitrogen and oxygen atoms in total. The first kappa shape index (κ1) is 17.9. The summed E-state index contributed by atoms with van der Waals surface area (Å²) in [5.41, 5.74) is 0.208. The predicted octanol–water partition coefficient (Wildman–Crippen LogP) is 2.08. The van der Waals surface area contributed by atoms with Crippen LogP contribution in [0.5, 0.6) is 0 Å². The number of hydrogen-bond acceptors (Lipinski definition) is 4. The van der Waals surface area contributed by atoms with Crippen LogP contribution in [0.15, 0.2) is 24.3 Å². The second kappa shape index (κ2) is 6.98. The lowest BCUT2D eigenvalue weighted by atomic mass is 9.84. The van der Waals surface area contributed by atoms with Gasteiger partial charge in [-0.05, 0) is 48.6 Å². The van der Waals surface area contributed by atoms with E-state index in [9.17, 15) is 30.0 Å². The SMILES string of the molecule is CC(O)Cc1c(C(=O)O)c(C(=O)O)c2ccccc2c1CC(C)O. The van der Waals surface area contributed by atoms with Crippen LogP contribution < -0.4 is 0 Å². The van der Waals surface area contributed by atoms with Crippen LogP contribution >= 0.6 is 0 Å². The standard InChI is InChI=1S/C18H20O6/c1-9(19)7-13-11-5-3-4-6-12(11)15(17(21)22)16(18(23)24)14(13)8-10(2)20/h3-6,9-10,19-20H,7-8H2,1-2H3,(H,21,22)(H,23,24). The molecule has 0 fully saturated rings. The van der Waals surface area contributed by atoms with Gasteiger partial charge in [0, 0.05) is 0 Å². The van der Waals surface area contributed by atoms with Gasteiger partial charge in [0.15, 0.2) is 0 Å². The topological polar surface area (TPSA) is 115 Å². The average molecular weight is 332 g/mol. The molecule has 128 valence electrons. The van der Waals surface area contributed by atoms with E-state index in [1.807, 2.05) is 0 Å². The van der Waals surface area contributed by atoms with Gasteiger partial charge < -0.3 is 20.4 Å². The highest BCUT2D eigenvalue weighted by Gasteiger charge is 2.28. The fourth-order valence-electron chi connectivity index (χ4n) is 3.07. The van der Waals surface area contributed by atoms with Gasteiger partial charge in [-0.2, -0.15) is 0 Å². The summed E-state index contributed by atoms with van der Waals surface area (Å²) in [4.78, 5) is 23.5. The lowest BCUT2D eigenvalue weighted by Crippen LogP contribution is -2.20. The fraction of sp³-hybridized carbons (Fsp3) is 0.333. The number of carboxylic acid groups (broad SMARTS) is 2. The van der Waals surface area contributed by atoms with E-state index in [1.165, 1.54) is 6.92 Å². The summed E-state index contributed by atoms with van der Waals surface area (Å²) < 4.78 is 0. The average Bonchev–Trinajstić information content (AvgIpc) is 2.47. The smallest absolute Gasteiger partial charge is 0.337 e. The Morgan fingerprint density at radius 1 is 0.833 bits per heavy atom. The minimum absolute atomic E-state index is 0.00516. The van der Waals surface area contributed by atoms with Gasteiger partial charge >= 0.3 is 11.9 Å². The largest absolute Gasteiger partial charge is 0.478 e. The summed E-state index contributed by atoms with van der Waals surface area (Å²) in [6, 6.07) is 6.63. The molecule has 2 rings (SSSR count). The van der Waals surface area contributed by atoms with Crippen molar-refractivity contribution in [3.05, 3.63) is 46.5 Å². The van der Waals surface area contributed by atoms with Crippen molar-refractivity contribution < 1.29 is 30.0 Å². The molecular weight excluding hydrogens is 312 g/mol. The third kappa shape index (κ3) is 3.39. The molecule has 0 aromatic heterocycles. The zero-order valence-corrected chi connectivity index (χ0v) is 13.5. The van der Waals surface area contributed by atoms with Crippen LogP contribution in [0, 0.1) is 0 Å². The molecule has 0 amide bonds. The maximum Gasteiger partial charge on any atom is 0.337 e. The molecule has 0 aliphatic rings. The molecule has 4 N–H and O–H groups in total. The number of rotatable bonds is 6. The van der Waals surface area contributed by atoms with Crippen LogP contribution in [0.4, 0.5) is 0 Å². The number of fused-ring (bicyclic) bond motifs is 1. The highest BCUT2D eigenvalue weighted by Crippen LogP contribution is 2.33. The third-order valence-corrected chi connectivity index (χ3v) is 3.86. The number of aliphatic hydroxyl groups excluding tert-OH is 2. The van der Waals surface area contributed by atoms with Gasteiger partial charge in [0.05, 0.1) is 23.3 Å². The Labute approximate surface area is 139 Å². The number of carboxylic acids is 2. The van der Waals surface area contributed by atoms with Gasteiger partial charge in [-0.25, -0.2) is 9.59 Å². The molecule has 0 aliphatic carbocycles. The third-order valence-electron chi connectivity index (χ3n) is 3.86. The van der Waals surface area contributed by atoms with E-state index in [2.05, 4.69) is 0 Å². The Morgan fingerprint density at radius 2 is 1.29 bits per heavy atom. The molecule has 0 saturated carbocycles. The van der Waals surface area contributed by atoms with E-state index in [0.29, 0.717) is 16.3 Å². The molecule has 2 aromatic carbocycles. The molecule has 24 heavy (non-hydrogen) atoms. The predicted molar refractivity (Wildman–Crippen MR) is 88.6 cm³/mol. The van der Waals surface area contributed by atoms with Crippen LogP contribution in [-0.2, 0) is 12.8 Å². The molecule has 0 heterocycles. The maximum absolute atomic E-state index is 11.8. The summed E-state index contributed by atoms with van der Waals surface area (Å²) in [6.45, 7) is 3.08. The summed E-state index contributed by atoms with van der Waals surface area (Å²) in [7, 11) is 0. The summed E-state index contributed by atoms with van der Waals surface area (Å²) in [5.74, 6) is -2.69. The van der Waals surface area contributed by atoms with Crippen molar-refractivity contribution in [2.45, 2.75) is 38.9 Å². The molecule has 0 saturated heterocycles. The van der Waals surface area contributed by atoms with Gasteiger partial charge in [-0.1, -0.05) is 24.3 Å². The van der Waals surface area contributed by atoms with Crippen LogP contribution in [0.2, 0.25) is 0 Å². The van der Waals surface area contributed by atoms with Gasteiger partial charge in [0.25, 0.3) is 0 Å². The van der Waals surface area contributed by atoms with E-state index in [-0.39, 0.29) is 29.5 Å². The molecule has 2 unspecified atom stereocenters. The molecule has 0 aliphatic heterocycles. The minimum atomic E-state index is -1.36. The van der Waals surface area contributed by atoms with Gasteiger partial charge in [-0.15, -0.1) is 0 Å². The second-order valence-corrected chi connectivity index (χ2v) is 5.97. The molecule has 0 spiro atoms. The zero-order valence-electron chi connectivity index (χ0n) is 13.5. The second-order valence-electron chi connectivity index (χ2n) is 5.97. The zero-order chi connectivity index (χ0) is 18.0. The molecule has 0 bridgehead atoms. The quantitative estimate of drug-likeness (QED) is 0.644. The molecule has 2 atom stereocenters. The first-order chi connectivity index (χ1) is 11.2. The van der Waals surface area contributed by atoms with Crippen molar-refractivity contribution in [1.29, 1.82) is 0 Å². The Kier molecular flexibility index (Phi) is 5.21. The number of carbonyl (C=O) groups is 2. The van der Waals surface area contributed by atoms with E-state index in [4.69, 9.17) is 0 Å². The fourth-order valence-corrected chi connectivity index (χ4v) is 3.07. The number of hydrogen-bond donors (Lipinski definition) is 4. The highest BCUT2D eigenvalue weighted by molar-refractivity contribution is 6.13. The Hall–Kier alpha value is -2.44. The first-order valence-corrected chi connectivity index (χ1v) is 7.63. The van der Waals surface area contributed by atoms with Crippen molar-refractivity contribution in [2.24, 2.45) is 0 Å². The van der Waals surface area contributed by atoms with Gasteiger partial charge in [-0.3, -0.25) is 0 Å². The Morgan fingerprint density at radius 3 is 1.75 bits per heavy atom. The lowest BCUT2D eigenvalue weighted by molar-refractivity contribution is 0.0651. The summed E-state index contributed by atoms with van der Waals surface area (Å²) in [6.07, 6.45) is -1.42. The van der Waals surface area contributed by atoms with Crippen LogP contribution in [0.1, 0.15) is 45.7 Å². The maximum atomic E-state index is 11.8. The van der Waals surface area contributed by atoms with Gasteiger partial charge in [0.2, 0.25) is 0 Å². The van der Waals surface area contributed by atoms with Crippen LogP contribution in [0.25, 0.3) is 10.8 Å². The molecule has 6 heteroatoms. The number of aliphatic hydroxyl groups is 2. The van der Waals surface area contributed by atoms with Crippen molar-refractivity contribution in [1.82, 2.24) is 0 Å². The normalized spacial score (nSPS) is 13.7. The van der Waals surface area contributed by atoms with E-state index < -0.39 is 24.1 Å². The lowest BCUT2D eigenvalue weighted by Gasteiger charge is -2.20. The summed E-state index contributed by atoms with van der Waals surface area (Å²) >= 11 is 0. The number of benzene rings is 2. The van der Waals surface area contributed by atoms with Gasteiger partial charge in [0.1, 0.15) is 0 Å². The summed E-state index contributed by atoms with van der Waals surface area (Å²) in [5, 5.41) is 39.7. The van der Waals surface area contributed by atoms with Crippen LogP contribution in [0.3, 0.4) is 0 Å². The highest BCUT2D eigenvalue weighted by atomic mass is 16.4. The first-order valence-electron chi connectivity index (χ1n) is 7.63. The minimum Gasteiger partial charge on any atom is -0.478 e. The van der Waals surface area contributed by atoms with E-state index in [0.717, 1.165) is 0 Å². The Bertz CT molecular complexity index is 792. The molecular formula is C18H20O6. The van der Waals surface area contributed by atoms with E-state index >= 15 is 0 Å².